The number of carbonyl (C=O) groups is 3. The Morgan fingerprint density at radius 3 is 1.20 bits per heavy atom. The number of hydrogen-bond acceptors (Lipinski definition) is 6. The summed E-state index contributed by atoms with van der Waals surface area (Å²) in [6.45, 7) is 6.16. The Hall–Kier alpha value is -3.93. The summed E-state index contributed by atoms with van der Waals surface area (Å²) >= 11 is 0. The first-order valence-electron chi connectivity index (χ1n) is 23.4. The fourth-order valence-corrected chi connectivity index (χ4v) is 5.91. The summed E-state index contributed by atoms with van der Waals surface area (Å²) in [5.74, 6) is -1.00. The third kappa shape index (κ3) is 45.0. The second-order valence-corrected chi connectivity index (χ2v) is 15.0. The minimum atomic E-state index is -0.813. The van der Waals surface area contributed by atoms with E-state index in [4.69, 9.17) is 14.2 Å². The van der Waals surface area contributed by atoms with Crippen LogP contribution < -0.4 is 0 Å². The molecule has 0 aromatic heterocycles. The number of esters is 3. The minimum absolute atomic E-state index is 0.110. The van der Waals surface area contributed by atoms with Crippen molar-refractivity contribution in [2.24, 2.45) is 0 Å². The molecule has 0 spiro atoms. The van der Waals surface area contributed by atoms with E-state index in [9.17, 15) is 14.4 Å². The van der Waals surface area contributed by atoms with Crippen molar-refractivity contribution in [1.29, 1.82) is 0 Å². The highest BCUT2D eigenvalue weighted by molar-refractivity contribution is 5.71. The molecule has 0 aromatic rings. The Kier molecular flexibility index (Phi) is 43.6. The summed E-state index contributed by atoms with van der Waals surface area (Å²) in [5.41, 5.74) is 0. The third-order valence-corrected chi connectivity index (χ3v) is 9.35. The molecule has 1 unspecified atom stereocenters. The van der Waals surface area contributed by atoms with Crippen LogP contribution in [0.1, 0.15) is 188 Å². The average Bonchev–Trinajstić information content (AvgIpc) is 3.23. The molecule has 0 saturated heterocycles. The first-order valence-corrected chi connectivity index (χ1v) is 23.4. The largest absolute Gasteiger partial charge is 0.462 e. The molecular weight excluding hydrogens is 733 g/mol. The maximum atomic E-state index is 12.7. The van der Waals surface area contributed by atoms with E-state index in [1.165, 1.54) is 38.5 Å². The van der Waals surface area contributed by atoms with E-state index in [0.29, 0.717) is 19.3 Å². The van der Waals surface area contributed by atoms with Gasteiger partial charge < -0.3 is 14.2 Å². The van der Waals surface area contributed by atoms with Crippen molar-refractivity contribution < 1.29 is 28.6 Å². The third-order valence-electron chi connectivity index (χ3n) is 9.35. The van der Waals surface area contributed by atoms with Crippen LogP contribution in [-0.4, -0.2) is 37.2 Å². The Balaban J connectivity index is 4.41. The lowest BCUT2D eigenvalue weighted by Gasteiger charge is -2.18. The van der Waals surface area contributed by atoms with Crippen molar-refractivity contribution in [3.05, 3.63) is 109 Å². The molecule has 0 saturated carbocycles. The summed E-state index contributed by atoms with van der Waals surface area (Å²) in [5, 5.41) is 0. The Bertz CT molecular complexity index is 1260. The van der Waals surface area contributed by atoms with Crippen LogP contribution in [0.5, 0.6) is 0 Å². The van der Waals surface area contributed by atoms with Crippen molar-refractivity contribution >= 4 is 17.9 Å². The van der Waals surface area contributed by atoms with Gasteiger partial charge in [0, 0.05) is 19.3 Å². The zero-order chi connectivity index (χ0) is 43.0. The number of ether oxygens (including phenoxy) is 3. The van der Waals surface area contributed by atoms with Crippen LogP contribution in [-0.2, 0) is 28.6 Å². The van der Waals surface area contributed by atoms with Gasteiger partial charge >= 0.3 is 17.9 Å². The average molecular weight is 817 g/mol. The predicted molar refractivity (Wildman–Crippen MR) is 251 cm³/mol. The van der Waals surface area contributed by atoms with Crippen molar-refractivity contribution in [3.8, 4) is 0 Å². The highest BCUT2D eigenvalue weighted by Crippen LogP contribution is 2.13. The van der Waals surface area contributed by atoms with E-state index in [1.54, 1.807) is 0 Å². The van der Waals surface area contributed by atoms with Crippen LogP contribution in [0.2, 0.25) is 0 Å². The van der Waals surface area contributed by atoms with Gasteiger partial charge in [0.1, 0.15) is 13.2 Å². The van der Waals surface area contributed by atoms with Crippen molar-refractivity contribution in [3.63, 3.8) is 0 Å². The fourth-order valence-electron chi connectivity index (χ4n) is 5.91. The van der Waals surface area contributed by atoms with Gasteiger partial charge in [-0.05, 0) is 96.3 Å². The Morgan fingerprint density at radius 2 is 0.695 bits per heavy atom. The topological polar surface area (TPSA) is 78.9 Å². The summed E-state index contributed by atoms with van der Waals surface area (Å²) in [6, 6.07) is 0. The van der Waals surface area contributed by atoms with E-state index in [-0.39, 0.29) is 37.5 Å². The van der Waals surface area contributed by atoms with Gasteiger partial charge in [-0.1, -0.05) is 182 Å². The first-order chi connectivity index (χ1) is 29.0. The maximum absolute atomic E-state index is 12.7. The van der Waals surface area contributed by atoms with Crippen LogP contribution in [0.4, 0.5) is 0 Å². The van der Waals surface area contributed by atoms with Gasteiger partial charge in [0.15, 0.2) is 6.10 Å². The lowest BCUT2D eigenvalue weighted by atomic mass is 10.1. The minimum Gasteiger partial charge on any atom is -0.462 e. The number of hydrogen-bond donors (Lipinski definition) is 0. The second-order valence-electron chi connectivity index (χ2n) is 15.0. The molecule has 0 amide bonds. The number of carbonyl (C=O) groups excluding carboxylic acids is 3. The zero-order valence-electron chi connectivity index (χ0n) is 37.7. The van der Waals surface area contributed by atoms with E-state index in [0.717, 1.165) is 103 Å². The molecular formula is C53H84O6. The second kappa shape index (κ2) is 46.8. The molecule has 59 heavy (non-hydrogen) atoms. The highest BCUT2D eigenvalue weighted by atomic mass is 16.6. The molecule has 0 aliphatic heterocycles. The van der Waals surface area contributed by atoms with Crippen LogP contribution in [0.3, 0.4) is 0 Å². The van der Waals surface area contributed by atoms with Gasteiger partial charge in [-0.3, -0.25) is 14.4 Å². The summed E-state index contributed by atoms with van der Waals surface area (Å²) < 4.78 is 16.6. The van der Waals surface area contributed by atoms with Gasteiger partial charge in [0.05, 0.1) is 0 Å². The SMILES string of the molecule is CC\C=C/C=C\C=C/C=C\CCCCCC(=O)OC(COC(=O)CCCC/C=C\C/C=C\CC)COC(=O)CCCCCCCCCCC/C=C\C/C=C\C/C=C\CC. The molecule has 332 valence electrons. The molecule has 0 aromatic carbocycles. The highest BCUT2D eigenvalue weighted by Gasteiger charge is 2.19. The standard InChI is InChI=1S/C53H84O6/c1-4-7-10-13-16-19-21-23-24-25-26-27-28-30-31-34-37-40-43-46-52(55)58-49-50(48-57-51(54)45-42-39-36-33-18-15-12-9-6-3)59-53(56)47-44-41-38-35-32-29-22-20-17-14-11-8-5-2/h7-12,14,16-20,22-24,29,32-33,50H,4-6,13,15,21,25-28,30-31,34-49H2,1-3H3/b10-7-,11-8-,12-9-,17-14-,19-16-,22-20-,24-23-,32-29-,33-18-. The molecule has 0 aliphatic carbocycles. The molecule has 0 radical (unpaired) electrons. The van der Waals surface area contributed by atoms with Crippen molar-refractivity contribution in [2.45, 2.75) is 194 Å². The lowest BCUT2D eigenvalue weighted by Crippen LogP contribution is -2.30. The van der Waals surface area contributed by atoms with E-state index in [2.05, 4.69) is 93.7 Å². The molecule has 6 nitrogen and oxygen atoms in total. The molecule has 0 rings (SSSR count). The van der Waals surface area contributed by atoms with Gasteiger partial charge in [-0.15, -0.1) is 0 Å². The number of rotatable bonds is 40. The smallest absolute Gasteiger partial charge is 0.306 e. The molecule has 0 aliphatic rings. The van der Waals surface area contributed by atoms with E-state index in [1.807, 2.05) is 36.5 Å². The van der Waals surface area contributed by atoms with Gasteiger partial charge in [-0.2, -0.15) is 0 Å². The number of allylic oxidation sites excluding steroid dienone is 18. The van der Waals surface area contributed by atoms with Crippen LogP contribution >= 0.6 is 0 Å². The fraction of sp³-hybridized carbons (Fsp3) is 0.604. The monoisotopic (exact) mass is 817 g/mol. The van der Waals surface area contributed by atoms with E-state index < -0.39 is 6.10 Å². The van der Waals surface area contributed by atoms with Crippen LogP contribution in [0.15, 0.2) is 109 Å². The van der Waals surface area contributed by atoms with Crippen LogP contribution in [0.25, 0.3) is 0 Å². The molecule has 0 bridgehead atoms. The van der Waals surface area contributed by atoms with Crippen molar-refractivity contribution in [1.82, 2.24) is 0 Å². The molecule has 0 heterocycles. The molecule has 1 atom stereocenters. The predicted octanol–water partition coefficient (Wildman–Crippen LogP) is 15.2. The van der Waals surface area contributed by atoms with Gasteiger partial charge in [0.25, 0.3) is 0 Å². The summed E-state index contributed by atoms with van der Waals surface area (Å²) in [7, 11) is 0. The zero-order valence-corrected chi connectivity index (χ0v) is 37.7. The van der Waals surface area contributed by atoms with Gasteiger partial charge in [0.2, 0.25) is 0 Å². The van der Waals surface area contributed by atoms with Crippen molar-refractivity contribution in [2.75, 3.05) is 13.2 Å². The molecule has 0 fully saturated rings. The lowest BCUT2D eigenvalue weighted by molar-refractivity contribution is -0.167. The first kappa shape index (κ1) is 55.1. The summed E-state index contributed by atoms with van der Waals surface area (Å²) in [6.07, 6.45) is 62.3. The van der Waals surface area contributed by atoms with Gasteiger partial charge in [-0.25, -0.2) is 0 Å². The molecule has 6 heteroatoms. The van der Waals surface area contributed by atoms with E-state index >= 15 is 0 Å². The Morgan fingerprint density at radius 1 is 0.356 bits per heavy atom. The molecule has 0 N–H and O–H groups in total. The van der Waals surface area contributed by atoms with Crippen LogP contribution in [0, 0.1) is 0 Å². The number of unbranched alkanes of at least 4 members (excludes halogenated alkanes) is 14. The Labute approximate surface area is 361 Å². The maximum Gasteiger partial charge on any atom is 0.306 e. The quantitative estimate of drug-likeness (QED) is 0.0201. The summed E-state index contributed by atoms with van der Waals surface area (Å²) in [4.78, 5) is 37.7. The normalized spacial score (nSPS) is 13.1.